The van der Waals surface area contributed by atoms with Gasteiger partial charge in [-0.25, -0.2) is 9.59 Å². The molecule has 7 heteroatoms. The van der Waals surface area contributed by atoms with Crippen molar-refractivity contribution in [1.29, 1.82) is 0 Å². The Bertz CT molecular complexity index is 654. The Balaban J connectivity index is 1.99. The molecule has 6 nitrogen and oxygen atoms in total. The van der Waals surface area contributed by atoms with E-state index in [0.29, 0.717) is 22.1 Å². The van der Waals surface area contributed by atoms with Gasteiger partial charge < -0.3 is 18.9 Å². The van der Waals surface area contributed by atoms with Crippen molar-refractivity contribution in [2.45, 2.75) is 19.6 Å². The quantitative estimate of drug-likeness (QED) is 0.450. The minimum Gasteiger partial charge on any atom is -0.454 e. The van der Waals surface area contributed by atoms with Crippen LogP contribution in [0.15, 0.2) is 17.7 Å². The summed E-state index contributed by atoms with van der Waals surface area (Å²) in [6.45, 7) is 3.06. The number of rotatable bonds is 1. The Hall–Kier alpha value is -2.21. The predicted octanol–water partition coefficient (Wildman–Crippen LogP) is 2.29. The van der Waals surface area contributed by atoms with Crippen LogP contribution in [0.3, 0.4) is 0 Å². The normalized spacial score (nSPS) is 19.1. The summed E-state index contributed by atoms with van der Waals surface area (Å²) < 4.78 is 20.4. The van der Waals surface area contributed by atoms with E-state index in [4.69, 9.17) is 30.5 Å². The van der Waals surface area contributed by atoms with Crippen molar-refractivity contribution < 1.29 is 28.5 Å². The number of fused-ring (bicyclic) bond motifs is 1. The number of halogens is 1. The van der Waals surface area contributed by atoms with Crippen molar-refractivity contribution in [1.82, 2.24) is 0 Å². The van der Waals surface area contributed by atoms with Gasteiger partial charge in [0.25, 0.3) is 5.79 Å². The molecule has 1 aromatic carbocycles. The van der Waals surface area contributed by atoms with Crippen LogP contribution in [0.1, 0.15) is 19.4 Å². The molecular weight excluding hydrogens is 300 g/mol. The third-order valence-electron chi connectivity index (χ3n) is 2.91. The number of hydrogen-bond donors (Lipinski definition) is 0. The van der Waals surface area contributed by atoms with E-state index in [2.05, 4.69) is 0 Å². The maximum absolute atomic E-state index is 11.9. The lowest BCUT2D eigenvalue weighted by atomic mass is 10.1. The van der Waals surface area contributed by atoms with Crippen LogP contribution in [-0.2, 0) is 19.1 Å². The van der Waals surface area contributed by atoms with Crippen LogP contribution in [0.4, 0.5) is 0 Å². The third-order valence-corrected chi connectivity index (χ3v) is 3.24. The van der Waals surface area contributed by atoms with E-state index < -0.39 is 17.7 Å². The van der Waals surface area contributed by atoms with Crippen LogP contribution in [0.2, 0.25) is 5.02 Å². The topological polar surface area (TPSA) is 71.1 Å². The lowest BCUT2D eigenvalue weighted by Crippen LogP contribution is -2.41. The highest BCUT2D eigenvalue weighted by atomic mass is 35.5. The second-order valence-corrected chi connectivity index (χ2v) is 5.37. The van der Waals surface area contributed by atoms with Gasteiger partial charge in [0.2, 0.25) is 6.79 Å². The largest absolute Gasteiger partial charge is 0.454 e. The summed E-state index contributed by atoms with van der Waals surface area (Å²) in [7, 11) is 0. The maximum Gasteiger partial charge on any atom is 0.348 e. The van der Waals surface area contributed by atoms with Gasteiger partial charge in [-0.05, 0) is 17.7 Å². The summed E-state index contributed by atoms with van der Waals surface area (Å²) in [6.07, 6.45) is 1.31. The number of benzene rings is 1. The summed E-state index contributed by atoms with van der Waals surface area (Å²) in [5.41, 5.74) is 0.208. The molecule has 1 fully saturated rings. The Kier molecular flexibility index (Phi) is 3.06. The molecule has 2 aliphatic rings. The van der Waals surface area contributed by atoms with E-state index in [1.165, 1.54) is 19.9 Å². The first-order valence-electron chi connectivity index (χ1n) is 6.13. The van der Waals surface area contributed by atoms with Crippen molar-refractivity contribution in [2.75, 3.05) is 6.79 Å². The van der Waals surface area contributed by atoms with E-state index in [-0.39, 0.29) is 12.4 Å². The van der Waals surface area contributed by atoms with Gasteiger partial charge in [0.15, 0.2) is 11.5 Å². The van der Waals surface area contributed by atoms with Gasteiger partial charge in [0.05, 0.1) is 5.02 Å². The number of cyclic esters (lactones) is 2. The molecule has 21 heavy (non-hydrogen) atoms. The second-order valence-electron chi connectivity index (χ2n) is 4.96. The SMILES string of the molecule is CC1(C)OC(=O)C(=Cc2cc3c(cc2Cl)OCO3)C(=O)O1. The lowest BCUT2D eigenvalue weighted by Gasteiger charge is -2.29. The Morgan fingerprint density at radius 2 is 1.67 bits per heavy atom. The van der Waals surface area contributed by atoms with Crippen molar-refractivity contribution in [2.24, 2.45) is 0 Å². The minimum absolute atomic E-state index is 0.101. The van der Waals surface area contributed by atoms with Crippen LogP contribution >= 0.6 is 11.6 Å². The first-order chi connectivity index (χ1) is 9.85. The molecule has 0 aromatic heterocycles. The molecular formula is C14H11ClO6. The van der Waals surface area contributed by atoms with Crippen molar-refractivity contribution in [3.63, 3.8) is 0 Å². The zero-order chi connectivity index (χ0) is 15.2. The highest BCUT2D eigenvalue weighted by Crippen LogP contribution is 2.38. The fourth-order valence-corrected chi connectivity index (χ4v) is 2.19. The van der Waals surface area contributed by atoms with E-state index in [1.807, 2.05) is 0 Å². The summed E-state index contributed by atoms with van der Waals surface area (Å²) in [5.74, 6) is -1.79. The summed E-state index contributed by atoms with van der Waals surface area (Å²) in [4.78, 5) is 23.8. The van der Waals surface area contributed by atoms with Crippen LogP contribution in [0, 0.1) is 0 Å². The second kappa shape index (κ2) is 4.66. The standard InChI is InChI=1S/C14H11ClO6/c1-14(2)20-12(16)8(13(17)21-14)3-7-4-10-11(5-9(7)15)19-6-18-10/h3-5H,6H2,1-2H3. The van der Waals surface area contributed by atoms with Crippen molar-refractivity contribution in [3.05, 3.63) is 28.3 Å². The fraction of sp³-hybridized carbons (Fsp3) is 0.286. The van der Waals surface area contributed by atoms with Gasteiger partial charge in [-0.2, -0.15) is 0 Å². The Morgan fingerprint density at radius 1 is 1.10 bits per heavy atom. The zero-order valence-electron chi connectivity index (χ0n) is 11.3. The van der Waals surface area contributed by atoms with Crippen LogP contribution in [0.25, 0.3) is 6.08 Å². The van der Waals surface area contributed by atoms with Gasteiger partial charge in [-0.1, -0.05) is 11.6 Å². The van der Waals surface area contributed by atoms with E-state index in [0.717, 1.165) is 0 Å². The lowest BCUT2D eigenvalue weighted by molar-refractivity contribution is -0.222. The molecule has 0 bridgehead atoms. The van der Waals surface area contributed by atoms with Gasteiger partial charge in [0.1, 0.15) is 5.57 Å². The van der Waals surface area contributed by atoms with E-state index >= 15 is 0 Å². The fourth-order valence-electron chi connectivity index (χ4n) is 1.98. The molecule has 0 amide bonds. The molecule has 0 radical (unpaired) electrons. The number of ether oxygens (including phenoxy) is 4. The average Bonchev–Trinajstić information content (AvgIpc) is 2.79. The minimum atomic E-state index is -1.27. The van der Waals surface area contributed by atoms with Gasteiger partial charge >= 0.3 is 11.9 Å². The third kappa shape index (κ3) is 2.54. The number of esters is 2. The highest BCUT2D eigenvalue weighted by molar-refractivity contribution is 6.32. The van der Waals surface area contributed by atoms with Crippen LogP contribution in [0.5, 0.6) is 11.5 Å². The highest BCUT2D eigenvalue weighted by Gasteiger charge is 2.39. The predicted molar refractivity (Wildman–Crippen MR) is 71.8 cm³/mol. The van der Waals surface area contributed by atoms with Gasteiger partial charge in [-0.15, -0.1) is 0 Å². The van der Waals surface area contributed by atoms with Gasteiger partial charge in [-0.3, -0.25) is 0 Å². The summed E-state index contributed by atoms with van der Waals surface area (Å²) in [6, 6.07) is 3.14. The molecule has 0 atom stereocenters. The number of carbonyl (C=O) groups excluding carboxylic acids is 2. The van der Waals surface area contributed by atoms with Gasteiger partial charge in [0, 0.05) is 19.9 Å². The molecule has 2 aliphatic heterocycles. The van der Waals surface area contributed by atoms with Crippen molar-refractivity contribution in [3.8, 4) is 11.5 Å². The molecule has 1 saturated heterocycles. The smallest absolute Gasteiger partial charge is 0.348 e. The zero-order valence-corrected chi connectivity index (χ0v) is 12.0. The molecule has 0 aliphatic carbocycles. The Morgan fingerprint density at radius 3 is 2.29 bits per heavy atom. The Labute approximate surface area is 125 Å². The monoisotopic (exact) mass is 310 g/mol. The molecule has 0 unspecified atom stereocenters. The first kappa shape index (κ1) is 13.8. The molecule has 0 N–H and O–H groups in total. The average molecular weight is 311 g/mol. The molecule has 1 aromatic rings. The van der Waals surface area contributed by atoms with Crippen molar-refractivity contribution >= 4 is 29.6 Å². The molecule has 0 spiro atoms. The molecule has 2 heterocycles. The summed E-state index contributed by atoms with van der Waals surface area (Å²) >= 11 is 6.09. The van der Waals surface area contributed by atoms with Crippen LogP contribution in [-0.4, -0.2) is 24.5 Å². The maximum atomic E-state index is 11.9. The van der Waals surface area contributed by atoms with E-state index in [1.54, 1.807) is 12.1 Å². The number of hydrogen-bond acceptors (Lipinski definition) is 6. The van der Waals surface area contributed by atoms with Crippen LogP contribution < -0.4 is 9.47 Å². The summed E-state index contributed by atoms with van der Waals surface area (Å²) in [5, 5.41) is 0.317. The van der Waals surface area contributed by atoms with E-state index in [9.17, 15) is 9.59 Å². The first-order valence-corrected chi connectivity index (χ1v) is 6.51. The molecule has 3 rings (SSSR count). The number of carbonyl (C=O) groups is 2. The molecule has 110 valence electrons. The molecule has 0 saturated carbocycles.